The van der Waals surface area contributed by atoms with Gasteiger partial charge in [0.2, 0.25) is 0 Å². The Hall–Kier alpha value is -2.47. The maximum absolute atomic E-state index is 6.18. The molecule has 2 aromatic rings. The van der Waals surface area contributed by atoms with E-state index < -0.39 is 5.79 Å². The lowest BCUT2D eigenvalue weighted by Gasteiger charge is -2.40. The molecule has 6 heteroatoms. The molecule has 1 atom stereocenters. The molecule has 1 unspecified atom stereocenters. The van der Waals surface area contributed by atoms with Crippen LogP contribution in [0.25, 0.3) is 10.9 Å². The lowest BCUT2D eigenvalue weighted by Crippen LogP contribution is -2.59. The Bertz CT molecular complexity index is 830. The summed E-state index contributed by atoms with van der Waals surface area (Å²) >= 11 is 0. The second-order valence-corrected chi connectivity index (χ2v) is 7.21. The van der Waals surface area contributed by atoms with Crippen molar-refractivity contribution in [2.75, 3.05) is 20.1 Å². The van der Waals surface area contributed by atoms with Crippen LogP contribution in [0.2, 0.25) is 0 Å². The SMILES string of the molecule is CNC1(CCc2c[nH]c3ccccc23)N=C(N)C=C(N2CCCCC2)N1. The lowest BCUT2D eigenvalue weighted by atomic mass is 10.0. The number of benzene rings is 1. The number of fused-ring (bicyclic) bond motifs is 1. The molecule has 5 N–H and O–H groups in total. The Morgan fingerprint density at radius 2 is 2.04 bits per heavy atom. The van der Waals surface area contributed by atoms with Crippen LogP contribution >= 0.6 is 0 Å². The van der Waals surface area contributed by atoms with Crippen LogP contribution in [0.5, 0.6) is 0 Å². The maximum Gasteiger partial charge on any atom is 0.188 e. The fraction of sp³-hybridized carbons (Fsp3) is 0.450. The molecule has 3 heterocycles. The van der Waals surface area contributed by atoms with Crippen LogP contribution in [0.3, 0.4) is 0 Å². The van der Waals surface area contributed by atoms with Crippen LogP contribution in [-0.2, 0) is 6.42 Å². The van der Waals surface area contributed by atoms with E-state index in [9.17, 15) is 0 Å². The second-order valence-electron chi connectivity index (χ2n) is 7.21. The number of nitrogens with two attached hydrogens (primary N) is 1. The zero-order valence-electron chi connectivity index (χ0n) is 15.4. The highest BCUT2D eigenvalue weighted by Gasteiger charge is 2.33. The molecular formula is C20H28N6. The van der Waals surface area contributed by atoms with Crippen molar-refractivity contribution >= 4 is 16.7 Å². The third-order valence-corrected chi connectivity index (χ3v) is 5.48. The van der Waals surface area contributed by atoms with Crippen molar-refractivity contribution in [2.24, 2.45) is 10.7 Å². The van der Waals surface area contributed by atoms with Crippen molar-refractivity contribution in [1.82, 2.24) is 20.5 Å². The third kappa shape index (κ3) is 3.29. The smallest absolute Gasteiger partial charge is 0.188 e. The van der Waals surface area contributed by atoms with Crippen LogP contribution in [-0.4, -0.2) is 41.6 Å². The molecule has 2 aliphatic heterocycles. The van der Waals surface area contributed by atoms with Crippen LogP contribution < -0.4 is 16.4 Å². The quantitative estimate of drug-likeness (QED) is 0.665. The molecule has 138 valence electrons. The number of aromatic nitrogens is 1. The molecule has 1 aromatic carbocycles. The third-order valence-electron chi connectivity index (χ3n) is 5.48. The molecule has 6 nitrogen and oxygen atoms in total. The number of nitrogens with one attached hydrogen (secondary N) is 3. The molecular weight excluding hydrogens is 324 g/mol. The highest BCUT2D eigenvalue weighted by Crippen LogP contribution is 2.25. The molecule has 1 aromatic heterocycles. The van der Waals surface area contributed by atoms with Gasteiger partial charge in [-0.15, -0.1) is 0 Å². The van der Waals surface area contributed by atoms with Gasteiger partial charge in [-0.3, -0.25) is 5.32 Å². The Labute approximate surface area is 154 Å². The fourth-order valence-electron chi connectivity index (χ4n) is 3.99. The molecule has 4 rings (SSSR count). The van der Waals surface area contributed by atoms with E-state index in [1.165, 1.54) is 35.7 Å². The Balaban J connectivity index is 1.52. The van der Waals surface area contributed by atoms with E-state index in [0.717, 1.165) is 31.8 Å². The van der Waals surface area contributed by atoms with E-state index in [2.05, 4.69) is 51.0 Å². The van der Waals surface area contributed by atoms with Gasteiger partial charge in [-0.2, -0.15) is 0 Å². The first-order chi connectivity index (χ1) is 12.7. The van der Waals surface area contributed by atoms with E-state index in [-0.39, 0.29) is 0 Å². The molecule has 0 bridgehead atoms. The molecule has 0 aliphatic carbocycles. The van der Waals surface area contributed by atoms with E-state index >= 15 is 0 Å². The molecule has 2 aliphatic rings. The fourth-order valence-corrected chi connectivity index (χ4v) is 3.99. The molecule has 26 heavy (non-hydrogen) atoms. The van der Waals surface area contributed by atoms with Gasteiger partial charge in [-0.05, 0) is 44.4 Å². The summed E-state index contributed by atoms with van der Waals surface area (Å²) < 4.78 is 0. The Morgan fingerprint density at radius 3 is 2.85 bits per heavy atom. The van der Waals surface area contributed by atoms with Crippen LogP contribution in [0.1, 0.15) is 31.2 Å². The van der Waals surface area contributed by atoms with E-state index in [4.69, 9.17) is 10.7 Å². The van der Waals surface area contributed by atoms with Gasteiger partial charge in [0.15, 0.2) is 5.79 Å². The normalized spacial score (nSPS) is 23.5. The Morgan fingerprint density at radius 1 is 1.23 bits per heavy atom. The zero-order valence-corrected chi connectivity index (χ0v) is 15.4. The first-order valence-corrected chi connectivity index (χ1v) is 9.53. The molecule has 1 saturated heterocycles. The van der Waals surface area contributed by atoms with Crippen molar-refractivity contribution in [3.05, 3.63) is 47.9 Å². The van der Waals surface area contributed by atoms with Gasteiger partial charge in [-0.25, -0.2) is 4.99 Å². The minimum Gasteiger partial charge on any atom is -0.384 e. The van der Waals surface area contributed by atoms with Gasteiger partial charge in [-0.1, -0.05) is 18.2 Å². The van der Waals surface area contributed by atoms with E-state index in [1.807, 2.05) is 13.1 Å². The average molecular weight is 352 g/mol. The molecule has 0 radical (unpaired) electrons. The van der Waals surface area contributed by atoms with Gasteiger partial charge in [0.25, 0.3) is 0 Å². The molecule has 0 spiro atoms. The average Bonchev–Trinajstić information content (AvgIpc) is 3.10. The number of likely N-dealkylation sites (tertiary alicyclic amines) is 1. The minimum atomic E-state index is -0.565. The number of aliphatic imine (C=N–C) groups is 1. The van der Waals surface area contributed by atoms with Crippen LogP contribution in [0.4, 0.5) is 0 Å². The monoisotopic (exact) mass is 352 g/mol. The number of H-pyrrole nitrogens is 1. The largest absolute Gasteiger partial charge is 0.384 e. The number of piperidine rings is 1. The van der Waals surface area contributed by atoms with Gasteiger partial charge < -0.3 is 20.9 Å². The van der Waals surface area contributed by atoms with Gasteiger partial charge in [0, 0.05) is 42.7 Å². The summed E-state index contributed by atoms with van der Waals surface area (Å²) in [4.78, 5) is 10.5. The molecule has 0 saturated carbocycles. The second kappa shape index (κ2) is 7.03. The number of hydrogen-bond donors (Lipinski definition) is 4. The summed E-state index contributed by atoms with van der Waals surface area (Å²) in [6.07, 6.45) is 9.57. The van der Waals surface area contributed by atoms with Crippen molar-refractivity contribution in [2.45, 2.75) is 37.9 Å². The standard InChI is InChI=1S/C20H28N6/c1-22-20(10-9-15-14-23-17-8-4-3-7-16(15)17)24-18(21)13-19(25-20)26-11-5-2-6-12-26/h3-4,7-8,13-14,22-23,25H,2,5-6,9-12H2,1H3,(H2,21,24). The summed E-state index contributed by atoms with van der Waals surface area (Å²) in [5.41, 5.74) is 8.66. The van der Waals surface area contributed by atoms with Crippen LogP contribution in [0, 0.1) is 0 Å². The van der Waals surface area contributed by atoms with Crippen molar-refractivity contribution < 1.29 is 0 Å². The number of para-hydroxylation sites is 1. The minimum absolute atomic E-state index is 0.565. The number of amidine groups is 1. The Kier molecular flexibility index (Phi) is 4.59. The summed E-state index contributed by atoms with van der Waals surface area (Å²) in [6, 6.07) is 8.41. The van der Waals surface area contributed by atoms with Gasteiger partial charge in [0.05, 0.1) is 0 Å². The number of aromatic amines is 1. The van der Waals surface area contributed by atoms with Crippen LogP contribution in [0.15, 0.2) is 47.4 Å². The zero-order chi connectivity index (χ0) is 18.0. The van der Waals surface area contributed by atoms with Gasteiger partial charge >= 0.3 is 0 Å². The van der Waals surface area contributed by atoms with E-state index in [0.29, 0.717) is 5.84 Å². The predicted molar refractivity (Wildman–Crippen MR) is 107 cm³/mol. The summed E-state index contributed by atoms with van der Waals surface area (Å²) in [5.74, 6) is 1.10. The predicted octanol–water partition coefficient (Wildman–Crippen LogP) is 2.26. The summed E-state index contributed by atoms with van der Waals surface area (Å²) in [7, 11) is 1.94. The van der Waals surface area contributed by atoms with Gasteiger partial charge in [0.1, 0.15) is 11.7 Å². The number of nitrogens with zero attached hydrogens (tertiary/aromatic N) is 2. The maximum atomic E-state index is 6.18. The topological polar surface area (TPSA) is 81.5 Å². The highest BCUT2D eigenvalue weighted by molar-refractivity contribution is 5.93. The first-order valence-electron chi connectivity index (χ1n) is 9.53. The van der Waals surface area contributed by atoms with E-state index in [1.54, 1.807) is 0 Å². The summed E-state index contributed by atoms with van der Waals surface area (Å²) in [5, 5.41) is 8.27. The van der Waals surface area contributed by atoms with Crippen molar-refractivity contribution in [1.29, 1.82) is 0 Å². The highest BCUT2D eigenvalue weighted by atomic mass is 15.4. The number of hydrogen-bond acceptors (Lipinski definition) is 5. The first kappa shape index (κ1) is 17.0. The molecule has 0 amide bonds. The van der Waals surface area contributed by atoms with Crippen molar-refractivity contribution in [3.8, 4) is 0 Å². The number of aryl methyl sites for hydroxylation is 1. The number of rotatable bonds is 5. The molecule has 1 fully saturated rings. The van der Waals surface area contributed by atoms with Crippen molar-refractivity contribution in [3.63, 3.8) is 0 Å². The summed E-state index contributed by atoms with van der Waals surface area (Å²) in [6.45, 7) is 2.16. The lowest BCUT2D eigenvalue weighted by molar-refractivity contribution is 0.208.